The average molecular weight is 394 g/mol. The van der Waals surface area contributed by atoms with E-state index in [0.29, 0.717) is 12.4 Å². The molecule has 1 aromatic heterocycles. The van der Waals surface area contributed by atoms with Gasteiger partial charge in [0.25, 0.3) is 0 Å². The molecule has 3 rings (SSSR count). The highest BCUT2D eigenvalue weighted by atomic mass is 16.7. The van der Waals surface area contributed by atoms with Gasteiger partial charge in [0.15, 0.2) is 12.6 Å². The minimum atomic E-state index is -0.0487. The average Bonchev–Trinajstić information content (AvgIpc) is 2.74. The molecule has 6 heteroatoms. The standard InChI is InChI=1S/C22H35NO5/c24-20-17-23-16-18(8-1-4-12-25-21-10-2-5-13-26-21)19(20)9-7-15-28-22-11-3-6-14-27-22/h16-17,21-22,24H,1-15H2. The molecule has 2 saturated heterocycles. The summed E-state index contributed by atoms with van der Waals surface area (Å²) in [7, 11) is 0. The molecular weight excluding hydrogens is 358 g/mol. The molecule has 1 aromatic rings. The van der Waals surface area contributed by atoms with Crippen molar-refractivity contribution in [3.05, 3.63) is 23.5 Å². The van der Waals surface area contributed by atoms with Gasteiger partial charge < -0.3 is 24.1 Å². The normalized spacial score (nSPS) is 23.0. The lowest BCUT2D eigenvalue weighted by molar-refractivity contribution is -0.162. The van der Waals surface area contributed by atoms with E-state index >= 15 is 0 Å². The maximum atomic E-state index is 10.2. The molecule has 0 amide bonds. The zero-order valence-electron chi connectivity index (χ0n) is 16.9. The van der Waals surface area contributed by atoms with E-state index in [0.717, 1.165) is 88.7 Å². The van der Waals surface area contributed by atoms with Gasteiger partial charge in [-0.2, -0.15) is 0 Å². The molecule has 0 saturated carbocycles. The maximum absolute atomic E-state index is 10.2. The summed E-state index contributed by atoms with van der Waals surface area (Å²) >= 11 is 0. The monoisotopic (exact) mass is 393 g/mol. The molecule has 2 aliphatic heterocycles. The van der Waals surface area contributed by atoms with Crippen LogP contribution in [0.2, 0.25) is 0 Å². The van der Waals surface area contributed by atoms with Gasteiger partial charge in [0, 0.05) is 31.6 Å². The molecule has 2 fully saturated rings. The van der Waals surface area contributed by atoms with Crippen molar-refractivity contribution in [2.24, 2.45) is 0 Å². The molecule has 158 valence electrons. The third kappa shape index (κ3) is 7.32. The Morgan fingerprint density at radius 3 is 2.18 bits per heavy atom. The zero-order valence-corrected chi connectivity index (χ0v) is 16.9. The SMILES string of the molecule is Oc1cncc(CCCCOC2CCCCO2)c1CCCOC1CCCCO1. The van der Waals surface area contributed by atoms with E-state index in [9.17, 15) is 5.11 Å². The Labute approximate surface area is 168 Å². The van der Waals surface area contributed by atoms with Crippen molar-refractivity contribution in [1.82, 2.24) is 4.98 Å². The Bertz CT molecular complexity index is 556. The van der Waals surface area contributed by atoms with Gasteiger partial charge in [-0.25, -0.2) is 0 Å². The van der Waals surface area contributed by atoms with E-state index in [4.69, 9.17) is 18.9 Å². The van der Waals surface area contributed by atoms with Crippen LogP contribution in [-0.2, 0) is 31.8 Å². The van der Waals surface area contributed by atoms with Gasteiger partial charge in [-0.05, 0) is 76.2 Å². The van der Waals surface area contributed by atoms with Crippen molar-refractivity contribution in [2.45, 2.75) is 83.2 Å². The highest BCUT2D eigenvalue weighted by Crippen LogP contribution is 2.23. The molecular formula is C22H35NO5. The van der Waals surface area contributed by atoms with Crippen LogP contribution < -0.4 is 0 Å². The van der Waals surface area contributed by atoms with Gasteiger partial charge >= 0.3 is 0 Å². The molecule has 3 heterocycles. The predicted molar refractivity (Wildman–Crippen MR) is 106 cm³/mol. The Kier molecular flexibility index (Phi) is 9.50. The molecule has 2 unspecified atom stereocenters. The fraction of sp³-hybridized carbons (Fsp3) is 0.773. The summed E-state index contributed by atoms with van der Waals surface area (Å²) in [5.74, 6) is 0.290. The van der Waals surface area contributed by atoms with Crippen molar-refractivity contribution in [2.75, 3.05) is 26.4 Å². The number of pyridine rings is 1. The van der Waals surface area contributed by atoms with Crippen molar-refractivity contribution in [1.29, 1.82) is 0 Å². The van der Waals surface area contributed by atoms with Crippen molar-refractivity contribution in [3.63, 3.8) is 0 Å². The van der Waals surface area contributed by atoms with Crippen LogP contribution in [0.3, 0.4) is 0 Å². The summed E-state index contributed by atoms with van der Waals surface area (Å²) in [6, 6.07) is 0. The number of aryl methyl sites for hydroxylation is 1. The van der Waals surface area contributed by atoms with Gasteiger partial charge in [-0.1, -0.05) is 0 Å². The number of aromatic nitrogens is 1. The Morgan fingerprint density at radius 1 is 0.857 bits per heavy atom. The number of hydrogen-bond acceptors (Lipinski definition) is 6. The molecule has 2 atom stereocenters. The zero-order chi connectivity index (χ0) is 19.4. The van der Waals surface area contributed by atoms with Crippen LogP contribution in [0.1, 0.15) is 68.9 Å². The lowest BCUT2D eigenvalue weighted by Gasteiger charge is -2.23. The molecule has 2 aliphatic rings. The third-order valence-corrected chi connectivity index (χ3v) is 5.42. The molecule has 6 nitrogen and oxygen atoms in total. The lowest BCUT2D eigenvalue weighted by atomic mass is 10.00. The van der Waals surface area contributed by atoms with Gasteiger partial charge in [0.05, 0.1) is 12.8 Å². The van der Waals surface area contributed by atoms with E-state index in [1.165, 1.54) is 19.0 Å². The summed E-state index contributed by atoms with van der Waals surface area (Å²) in [4.78, 5) is 4.17. The lowest BCUT2D eigenvalue weighted by Crippen LogP contribution is -2.22. The Balaban J connectivity index is 1.35. The largest absolute Gasteiger partial charge is 0.506 e. The first-order chi connectivity index (χ1) is 13.8. The molecule has 28 heavy (non-hydrogen) atoms. The fourth-order valence-corrected chi connectivity index (χ4v) is 3.80. The molecule has 0 bridgehead atoms. The first-order valence-electron chi connectivity index (χ1n) is 10.9. The molecule has 0 radical (unpaired) electrons. The van der Waals surface area contributed by atoms with Gasteiger partial charge in [-0.15, -0.1) is 0 Å². The van der Waals surface area contributed by atoms with E-state index in [2.05, 4.69) is 4.98 Å². The molecule has 0 spiro atoms. The highest BCUT2D eigenvalue weighted by molar-refractivity contribution is 5.36. The molecule has 0 aromatic carbocycles. The summed E-state index contributed by atoms with van der Waals surface area (Å²) in [5.41, 5.74) is 2.13. The minimum absolute atomic E-state index is 0.0140. The number of aromatic hydroxyl groups is 1. The number of unbranched alkanes of at least 4 members (excludes halogenated alkanes) is 1. The predicted octanol–water partition coefficient (Wildman–Crippen LogP) is 4.13. The Morgan fingerprint density at radius 2 is 1.54 bits per heavy atom. The second kappa shape index (κ2) is 12.4. The van der Waals surface area contributed by atoms with Crippen LogP contribution in [0.4, 0.5) is 0 Å². The summed E-state index contributed by atoms with van der Waals surface area (Å²) in [6.45, 7) is 3.00. The van der Waals surface area contributed by atoms with Crippen LogP contribution in [0.25, 0.3) is 0 Å². The second-order valence-electron chi connectivity index (χ2n) is 7.69. The third-order valence-electron chi connectivity index (χ3n) is 5.42. The number of ether oxygens (including phenoxy) is 4. The van der Waals surface area contributed by atoms with E-state index in [-0.39, 0.29) is 12.6 Å². The maximum Gasteiger partial charge on any atom is 0.157 e. The second-order valence-corrected chi connectivity index (χ2v) is 7.69. The van der Waals surface area contributed by atoms with Crippen LogP contribution >= 0.6 is 0 Å². The van der Waals surface area contributed by atoms with Gasteiger partial charge in [0.2, 0.25) is 0 Å². The molecule has 0 aliphatic carbocycles. The van der Waals surface area contributed by atoms with Crippen LogP contribution in [-0.4, -0.2) is 49.1 Å². The quantitative estimate of drug-likeness (QED) is 0.570. The summed E-state index contributed by atoms with van der Waals surface area (Å²) in [5, 5.41) is 10.2. The van der Waals surface area contributed by atoms with E-state index in [1.54, 1.807) is 0 Å². The van der Waals surface area contributed by atoms with Gasteiger partial charge in [-0.3, -0.25) is 4.98 Å². The number of rotatable bonds is 11. The topological polar surface area (TPSA) is 70.0 Å². The first kappa shape index (κ1) is 21.5. The van der Waals surface area contributed by atoms with Gasteiger partial charge in [0.1, 0.15) is 5.75 Å². The van der Waals surface area contributed by atoms with Crippen LogP contribution in [0, 0.1) is 0 Å². The van der Waals surface area contributed by atoms with Crippen molar-refractivity contribution < 1.29 is 24.1 Å². The Hall–Kier alpha value is -1.21. The summed E-state index contributed by atoms with van der Waals surface area (Å²) in [6.07, 6.45) is 14.6. The number of nitrogens with zero attached hydrogens (tertiary/aromatic N) is 1. The van der Waals surface area contributed by atoms with Crippen LogP contribution in [0.15, 0.2) is 12.4 Å². The van der Waals surface area contributed by atoms with E-state index < -0.39 is 0 Å². The van der Waals surface area contributed by atoms with Crippen molar-refractivity contribution >= 4 is 0 Å². The number of hydrogen-bond donors (Lipinski definition) is 1. The minimum Gasteiger partial charge on any atom is -0.506 e. The molecule has 1 N–H and O–H groups in total. The smallest absolute Gasteiger partial charge is 0.157 e. The summed E-state index contributed by atoms with van der Waals surface area (Å²) < 4.78 is 22.8. The van der Waals surface area contributed by atoms with Crippen molar-refractivity contribution in [3.8, 4) is 5.75 Å². The van der Waals surface area contributed by atoms with E-state index in [1.807, 2.05) is 6.20 Å². The highest BCUT2D eigenvalue weighted by Gasteiger charge is 2.15. The fourth-order valence-electron chi connectivity index (χ4n) is 3.80. The first-order valence-corrected chi connectivity index (χ1v) is 10.9. The van der Waals surface area contributed by atoms with Crippen LogP contribution in [0.5, 0.6) is 5.75 Å².